The molecule has 4 heteroatoms. The highest BCUT2D eigenvalue weighted by molar-refractivity contribution is 5.80. The third-order valence-corrected chi connectivity index (χ3v) is 2.31. The van der Waals surface area contributed by atoms with Crippen molar-refractivity contribution in [3.63, 3.8) is 0 Å². The fourth-order valence-electron chi connectivity index (χ4n) is 1.38. The molecule has 1 heterocycles. The number of hydroxylamine groups is 3. The van der Waals surface area contributed by atoms with Crippen molar-refractivity contribution < 1.29 is 19.0 Å². The van der Waals surface area contributed by atoms with Gasteiger partial charge in [0.2, 0.25) is 0 Å². The van der Waals surface area contributed by atoms with E-state index in [0.717, 1.165) is 19.6 Å². The smallest absolute Gasteiger partial charge is 0.369 e. The Hall–Kier alpha value is -0.870. The summed E-state index contributed by atoms with van der Waals surface area (Å²) in [4.78, 5) is 16.3. The first-order valence-electron chi connectivity index (χ1n) is 4.52. The van der Waals surface area contributed by atoms with Crippen LogP contribution in [0.3, 0.4) is 0 Å². The molecule has 0 aromatic rings. The van der Waals surface area contributed by atoms with Gasteiger partial charge in [-0.1, -0.05) is 6.58 Å². The number of likely N-dealkylation sites (N-methyl/N-ethyl adjacent to an activating group) is 1. The normalized spacial score (nSPS) is 20.7. The minimum atomic E-state index is -0.358. The maximum absolute atomic E-state index is 11.0. The van der Waals surface area contributed by atoms with Crippen LogP contribution in [0.5, 0.6) is 0 Å². The zero-order valence-electron chi connectivity index (χ0n) is 7.99. The molecular formula is C9H16NO3+. The molecular weight excluding hydrogens is 170 g/mol. The van der Waals surface area contributed by atoms with Gasteiger partial charge in [-0.25, -0.2) is 4.79 Å². The monoisotopic (exact) mass is 186 g/mol. The molecule has 74 valence electrons. The summed E-state index contributed by atoms with van der Waals surface area (Å²) in [6, 6.07) is 0. The molecule has 0 saturated carbocycles. The number of carbonyl (C=O) groups excluding carboxylic acids is 1. The first kappa shape index (κ1) is 10.2. The number of hydrogen-bond acceptors (Lipinski definition) is 3. The van der Waals surface area contributed by atoms with Crippen LogP contribution in [-0.4, -0.2) is 43.5 Å². The molecule has 13 heavy (non-hydrogen) atoms. The average Bonchev–Trinajstić information content (AvgIpc) is 2.19. The molecule has 0 unspecified atom stereocenters. The lowest BCUT2D eigenvalue weighted by Gasteiger charge is -2.35. The number of ether oxygens (including phenoxy) is 1. The first-order valence-corrected chi connectivity index (χ1v) is 4.52. The summed E-state index contributed by atoms with van der Waals surface area (Å²) in [5.74, 6) is -0.358. The summed E-state index contributed by atoms with van der Waals surface area (Å²) in [5.41, 5.74) is 0. The van der Waals surface area contributed by atoms with E-state index >= 15 is 0 Å². The Kier molecular flexibility index (Phi) is 3.45. The molecule has 0 spiro atoms. The van der Waals surface area contributed by atoms with Crippen molar-refractivity contribution in [1.82, 2.24) is 0 Å². The number of nitrogens with zero attached hydrogens (tertiary/aromatic N) is 1. The molecule has 0 aromatic carbocycles. The van der Waals surface area contributed by atoms with Gasteiger partial charge in [0, 0.05) is 6.08 Å². The Balaban J connectivity index is 2.56. The second kappa shape index (κ2) is 4.39. The lowest BCUT2D eigenvalue weighted by Crippen LogP contribution is -2.55. The number of morpholine rings is 1. The Morgan fingerprint density at radius 2 is 2.23 bits per heavy atom. The van der Waals surface area contributed by atoms with Gasteiger partial charge < -0.3 is 4.74 Å². The SMILES string of the molecule is C=CC(=O)O[N+]1(CC)CCOCC1. The quantitative estimate of drug-likeness (QED) is 0.475. The fourth-order valence-corrected chi connectivity index (χ4v) is 1.38. The Bertz CT molecular complexity index is 197. The number of rotatable bonds is 3. The minimum absolute atomic E-state index is 0.358. The van der Waals surface area contributed by atoms with E-state index in [2.05, 4.69) is 6.58 Å². The van der Waals surface area contributed by atoms with E-state index in [-0.39, 0.29) is 5.97 Å². The van der Waals surface area contributed by atoms with Gasteiger partial charge in [0.25, 0.3) is 0 Å². The molecule has 0 aliphatic carbocycles. The summed E-state index contributed by atoms with van der Waals surface area (Å²) in [5, 5.41) is 0. The summed E-state index contributed by atoms with van der Waals surface area (Å²) in [6.07, 6.45) is 1.20. The van der Waals surface area contributed by atoms with Gasteiger partial charge in [-0.15, -0.1) is 4.65 Å². The molecule has 1 aliphatic heterocycles. The van der Waals surface area contributed by atoms with Crippen LogP contribution in [0.4, 0.5) is 0 Å². The van der Waals surface area contributed by atoms with Crippen LogP contribution < -0.4 is 0 Å². The Labute approximate surface area is 78.3 Å². The van der Waals surface area contributed by atoms with E-state index < -0.39 is 0 Å². The summed E-state index contributed by atoms with van der Waals surface area (Å²) < 4.78 is 5.57. The minimum Gasteiger partial charge on any atom is -0.369 e. The topological polar surface area (TPSA) is 35.5 Å². The highest BCUT2D eigenvalue weighted by Crippen LogP contribution is 2.12. The molecule has 0 bridgehead atoms. The molecule has 1 aliphatic rings. The van der Waals surface area contributed by atoms with Crippen LogP contribution in [0.15, 0.2) is 12.7 Å². The van der Waals surface area contributed by atoms with Crippen molar-refractivity contribution in [2.75, 3.05) is 32.8 Å². The van der Waals surface area contributed by atoms with Crippen molar-refractivity contribution in [1.29, 1.82) is 0 Å². The molecule has 1 fully saturated rings. The van der Waals surface area contributed by atoms with Gasteiger partial charge in [0.15, 0.2) is 0 Å². The second-order valence-electron chi connectivity index (χ2n) is 3.05. The summed E-state index contributed by atoms with van der Waals surface area (Å²) >= 11 is 0. The van der Waals surface area contributed by atoms with Crippen molar-refractivity contribution in [3.8, 4) is 0 Å². The highest BCUT2D eigenvalue weighted by Gasteiger charge is 2.33. The number of quaternary nitrogens is 1. The molecule has 0 aromatic heterocycles. The van der Waals surface area contributed by atoms with E-state index in [1.807, 2.05) is 6.92 Å². The van der Waals surface area contributed by atoms with Crippen LogP contribution in [0.25, 0.3) is 0 Å². The van der Waals surface area contributed by atoms with Crippen molar-refractivity contribution in [2.24, 2.45) is 0 Å². The van der Waals surface area contributed by atoms with E-state index in [4.69, 9.17) is 9.57 Å². The van der Waals surface area contributed by atoms with Gasteiger partial charge in [-0.2, -0.15) is 0 Å². The zero-order chi connectivity index (χ0) is 9.73. The van der Waals surface area contributed by atoms with Gasteiger partial charge >= 0.3 is 5.97 Å². The van der Waals surface area contributed by atoms with Crippen molar-refractivity contribution >= 4 is 5.97 Å². The zero-order valence-corrected chi connectivity index (χ0v) is 7.99. The van der Waals surface area contributed by atoms with Crippen molar-refractivity contribution in [2.45, 2.75) is 6.92 Å². The fraction of sp³-hybridized carbons (Fsp3) is 0.667. The maximum atomic E-state index is 11.0. The standard InChI is InChI=1S/C9H16NO3/c1-3-9(11)13-10(4-2)5-7-12-8-6-10/h3H,1,4-8H2,2H3/q+1. The van der Waals surface area contributed by atoms with Gasteiger partial charge in [0.05, 0.1) is 13.2 Å². The van der Waals surface area contributed by atoms with Crippen LogP contribution in [0.1, 0.15) is 6.92 Å². The molecule has 4 nitrogen and oxygen atoms in total. The molecule has 0 atom stereocenters. The lowest BCUT2D eigenvalue weighted by atomic mass is 10.4. The predicted molar refractivity (Wildman–Crippen MR) is 47.6 cm³/mol. The summed E-state index contributed by atoms with van der Waals surface area (Å²) in [7, 11) is 0. The van der Waals surface area contributed by atoms with E-state index in [1.165, 1.54) is 6.08 Å². The molecule has 0 radical (unpaired) electrons. The number of hydrogen-bond donors (Lipinski definition) is 0. The second-order valence-corrected chi connectivity index (χ2v) is 3.05. The third kappa shape index (κ3) is 2.54. The van der Waals surface area contributed by atoms with Gasteiger partial charge in [-0.3, -0.25) is 4.84 Å². The summed E-state index contributed by atoms with van der Waals surface area (Å²) in [6.45, 7) is 8.92. The van der Waals surface area contributed by atoms with Gasteiger partial charge in [0.1, 0.15) is 19.6 Å². The largest absolute Gasteiger partial charge is 0.389 e. The molecule has 0 amide bonds. The van der Waals surface area contributed by atoms with E-state index in [9.17, 15) is 4.79 Å². The first-order chi connectivity index (χ1) is 6.22. The third-order valence-electron chi connectivity index (χ3n) is 2.31. The molecule has 0 N–H and O–H groups in total. The number of carbonyl (C=O) groups is 1. The van der Waals surface area contributed by atoms with Gasteiger partial charge in [-0.05, 0) is 6.92 Å². The average molecular weight is 186 g/mol. The predicted octanol–water partition coefficient (Wildman–Crippen LogP) is 0.497. The van der Waals surface area contributed by atoms with Crippen LogP contribution in [0.2, 0.25) is 0 Å². The highest BCUT2D eigenvalue weighted by atomic mass is 16.7. The van der Waals surface area contributed by atoms with Crippen LogP contribution in [0, 0.1) is 0 Å². The molecule has 1 rings (SSSR count). The molecule has 1 saturated heterocycles. The van der Waals surface area contributed by atoms with E-state index in [1.54, 1.807) is 0 Å². The Morgan fingerprint density at radius 1 is 1.62 bits per heavy atom. The van der Waals surface area contributed by atoms with Crippen molar-refractivity contribution in [3.05, 3.63) is 12.7 Å². The Morgan fingerprint density at radius 3 is 2.69 bits per heavy atom. The lowest BCUT2D eigenvalue weighted by molar-refractivity contribution is -1.09. The van der Waals surface area contributed by atoms with Crippen LogP contribution in [-0.2, 0) is 14.4 Å². The van der Waals surface area contributed by atoms with Crippen LogP contribution >= 0.6 is 0 Å². The maximum Gasteiger partial charge on any atom is 0.389 e. The van der Waals surface area contributed by atoms with E-state index in [0.29, 0.717) is 17.9 Å².